The molecule has 1 unspecified atom stereocenters. The predicted molar refractivity (Wildman–Crippen MR) is 92.7 cm³/mol. The van der Waals surface area contributed by atoms with Gasteiger partial charge in [-0.3, -0.25) is 10.00 Å². The maximum Gasteiger partial charge on any atom is 0.323 e. The Morgan fingerprint density at radius 3 is 2.72 bits per heavy atom. The first-order valence-corrected chi connectivity index (χ1v) is 7.93. The van der Waals surface area contributed by atoms with Crippen LogP contribution in [0, 0.1) is 0 Å². The topological polar surface area (TPSA) is 83.5 Å². The number of carbonyl (C=O) groups excluding carboxylic acids is 1. The van der Waals surface area contributed by atoms with Crippen molar-refractivity contribution in [1.82, 2.24) is 14.7 Å². The molecular formula is C18H20N4O3. The van der Waals surface area contributed by atoms with Crippen molar-refractivity contribution in [2.45, 2.75) is 12.6 Å². The summed E-state index contributed by atoms with van der Waals surface area (Å²) in [5.74, 6) is 0.877. The second-order valence-corrected chi connectivity index (χ2v) is 5.70. The zero-order valence-electron chi connectivity index (χ0n) is 13.9. The van der Waals surface area contributed by atoms with Crippen molar-refractivity contribution in [2.75, 3.05) is 11.9 Å². The van der Waals surface area contributed by atoms with Crippen LogP contribution in [0.1, 0.15) is 17.4 Å². The van der Waals surface area contributed by atoms with Crippen LogP contribution >= 0.6 is 0 Å². The maximum atomic E-state index is 12.7. The van der Waals surface area contributed by atoms with E-state index < -0.39 is 6.10 Å². The molecule has 1 atom stereocenters. The molecular weight excluding hydrogens is 320 g/mol. The standard InChI is InChI=1S/C18H20N4O3/c1-21-10-9-17(20-21)19-18(24)22(12-14-6-3-2-4-7-14)13-15(23)16-8-5-11-25-16/h2-11,15,23H,12-13H2,1H3,(H,19,20,24). The lowest BCUT2D eigenvalue weighted by molar-refractivity contribution is 0.105. The lowest BCUT2D eigenvalue weighted by Crippen LogP contribution is -2.37. The Morgan fingerprint density at radius 2 is 2.08 bits per heavy atom. The normalized spacial score (nSPS) is 11.9. The van der Waals surface area contributed by atoms with Crippen LogP contribution in [-0.2, 0) is 13.6 Å². The van der Waals surface area contributed by atoms with Gasteiger partial charge >= 0.3 is 6.03 Å². The number of benzene rings is 1. The SMILES string of the molecule is Cn1ccc(NC(=O)N(Cc2ccccc2)CC(O)c2ccco2)n1. The highest BCUT2D eigenvalue weighted by Crippen LogP contribution is 2.17. The summed E-state index contributed by atoms with van der Waals surface area (Å²) >= 11 is 0. The number of aromatic nitrogens is 2. The molecule has 0 bridgehead atoms. The average molecular weight is 340 g/mol. The lowest BCUT2D eigenvalue weighted by atomic mass is 10.2. The molecule has 0 radical (unpaired) electrons. The first-order chi connectivity index (χ1) is 12.1. The van der Waals surface area contributed by atoms with Crippen LogP contribution in [0.15, 0.2) is 65.4 Å². The number of aliphatic hydroxyl groups excluding tert-OH is 1. The lowest BCUT2D eigenvalue weighted by Gasteiger charge is -2.24. The number of hydrogen-bond acceptors (Lipinski definition) is 4. The summed E-state index contributed by atoms with van der Waals surface area (Å²) < 4.78 is 6.83. The minimum Gasteiger partial charge on any atom is -0.467 e. The molecule has 0 spiro atoms. The van der Waals surface area contributed by atoms with Crippen molar-refractivity contribution in [3.63, 3.8) is 0 Å². The fourth-order valence-corrected chi connectivity index (χ4v) is 2.47. The van der Waals surface area contributed by atoms with Gasteiger partial charge in [-0.15, -0.1) is 0 Å². The molecule has 3 rings (SSSR count). The van der Waals surface area contributed by atoms with Crippen LogP contribution in [0.5, 0.6) is 0 Å². The third kappa shape index (κ3) is 4.48. The van der Waals surface area contributed by atoms with Gasteiger partial charge in [0.15, 0.2) is 5.82 Å². The van der Waals surface area contributed by atoms with Gasteiger partial charge in [0.25, 0.3) is 0 Å². The molecule has 2 aromatic heterocycles. The van der Waals surface area contributed by atoms with Gasteiger partial charge in [-0.1, -0.05) is 30.3 Å². The zero-order valence-corrected chi connectivity index (χ0v) is 13.9. The van der Waals surface area contributed by atoms with Gasteiger partial charge in [-0.2, -0.15) is 5.10 Å². The monoisotopic (exact) mass is 340 g/mol. The van der Waals surface area contributed by atoms with E-state index in [1.54, 1.807) is 36.1 Å². The Morgan fingerprint density at radius 1 is 1.28 bits per heavy atom. The molecule has 0 aliphatic heterocycles. The number of furan rings is 1. The van der Waals surface area contributed by atoms with Gasteiger partial charge in [0.2, 0.25) is 0 Å². The van der Waals surface area contributed by atoms with Crippen LogP contribution in [0.2, 0.25) is 0 Å². The summed E-state index contributed by atoms with van der Waals surface area (Å²) in [7, 11) is 1.78. The van der Waals surface area contributed by atoms with Gasteiger partial charge < -0.3 is 14.4 Å². The van der Waals surface area contributed by atoms with Crippen molar-refractivity contribution < 1.29 is 14.3 Å². The molecule has 25 heavy (non-hydrogen) atoms. The molecule has 130 valence electrons. The Hall–Kier alpha value is -3.06. The summed E-state index contributed by atoms with van der Waals surface area (Å²) in [6.45, 7) is 0.457. The van der Waals surface area contributed by atoms with E-state index in [1.807, 2.05) is 30.3 Å². The smallest absolute Gasteiger partial charge is 0.323 e. The van der Waals surface area contributed by atoms with Crippen LogP contribution in [0.4, 0.5) is 10.6 Å². The second-order valence-electron chi connectivity index (χ2n) is 5.70. The van der Waals surface area contributed by atoms with Gasteiger partial charge in [0.05, 0.1) is 12.8 Å². The summed E-state index contributed by atoms with van der Waals surface area (Å²) in [5.41, 5.74) is 0.963. The number of anilines is 1. The van der Waals surface area contributed by atoms with Crippen molar-refractivity contribution in [3.05, 3.63) is 72.3 Å². The van der Waals surface area contributed by atoms with E-state index in [9.17, 15) is 9.90 Å². The summed E-state index contributed by atoms with van der Waals surface area (Å²) in [6.07, 6.45) is 2.33. The van der Waals surface area contributed by atoms with Crippen LogP contribution < -0.4 is 5.32 Å². The average Bonchev–Trinajstić information content (AvgIpc) is 3.27. The highest BCUT2D eigenvalue weighted by Gasteiger charge is 2.21. The Balaban J connectivity index is 1.74. The van der Waals surface area contributed by atoms with Gasteiger partial charge in [-0.05, 0) is 17.7 Å². The number of carbonyl (C=O) groups is 1. The molecule has 2 N–H and O–H groups in total. The van der Waals surface area contributed by atoms with Crippen molar-refractivity contribution in [2.24, 2.45) is 7.05 Å². The number of rotatable bonds is 6. The number of amides is 2. The third-order valence-electron chi connectivity index (χ3n) is 3.72. The molecule has 0 saturated heterocycles. The van der Waals surface area contributed by atoms with Gasteiger partial charge in [0.1, 0.15) is 11.9 Å². The maximum absolute atomic E-state index is 12.7. The fraction of sp³-hybridized carbons (Fsp3) is 0.222. The summed E-state index contributed by atoms with van der Waals surface area (Å²) in [5, 5.41) is 17.2. The van der Waals surface area contributed by atoms with E-state index >= 15 is 0 Å². The molecule has 1 aromatic carbocycles. The number of urea groups is 1. The molecule has 0 fully saturated rings. The molecule has 2 heterocycles. The Kier molecular flexibility index (Phi) is 5.15. The summed E-state index contributed by atoms with van der Waals surface area (Å²) in [4.78, 5) is 14.2. The number of aliphatic hydroxyl groups is 1. The minimum absolute atomic E-state index is 0.0983. The number of nitrogens with zero attached hydrogens (tertiary/aromatic N) is 3. The third-order valence-corrected chi connectivity index (χ3v) is 3.72. The largest absolute Gasteiger partial charge is 0.467 e. The summed E-state index contributed by atoms with van der Waals surface area (Å²) in [6, 6.07) is 14.4. The van der Waals surface area contributed by atoms with E-state index in [4.69, 9.17) is 4.42 Å². The van der Waals surface area contributed by atoms with Crippen molar-refractivity contribution in [3.8, 4) is 0 Å². The van der Waals surface area contributed by atoms with Crippen LogP contribution in [0.3, 0.4) is 0 Å². The number of hydrogen-bond donors (Lipinski definition) is 2. The highest BCUT2D eigenvalue weighted by molar-refractivity contribution is 5.88. The van der Waals surface area contributed by atoms with Gasteiger partial charge in [-0.25, -0.2) is 4.79 Å². The first kappa shape index (κ1) is 16.8. The number of aryl methyl sites for hydroxylation is 1. The molecule has 2 amide bonds. The van der Waals surface area contributed by atoms with Crippen LogP contribution in [-0.4, -0.2) is 32.4 Å². The fourth-order valence-electron chi connectivity index (χ4n) is 2.47. The van der Waals surface area contributed by atoms with E-state index in [2.05, 4.69) is 10.4 Å². The Bertz CT molecular complexity index is 799. The van der Waals surface area contributed by atoms with E-state index in [0.717, 1.165) is 5.56 Å². The van der Waals surface area contributed by atoms with Crippen molar-refractivity contribution in [1.29, 1.82) is 0 Å². The minimum atomic E-state index is -0.909. The molecule has 7 heteroatoms. The molecule has 0 aliphatic carbocycles. The number of nitrogens with one attached hydrogen (secondary N) is 1. The van der Waals surface area contributed by atoms with E-state index in [-0.39, 0.29) is 12.6 Å². The molecule has 3 aromatic rings. The van der Waals surface area contributed by atoms with E-state index in [1.165, 1.54) is 11.2 Å². The predicted octanol–water partition coefficient (Wildman–Crippen LogP) is 2.78. The molecule has 0 aliphatic rings. The van der Waals surface area contributed by atoms with Crippen molar-refractivity contribution >= 4 is 11.8 Å². The van der Waals surface area contributed by atoms with Crippen LogP contribution in [0.25, 0.3) is 0 Å². The quantitative estimate of drug-likeness (QED) is 0.723. The highest BCUT2D eigenvalue weighted by atomic mass is 16.4. The Labute approximate surface area is 145 Å². The van der Waals surface area contributed by atoms with E-state index in [0.29, 0.717) is 18.1 Å². The molecule has 0 saturated carbocycles. The second kappa shape index (κ2) is 7.67. The first-order valence-electron chi connectivity index (χ1n) is 7.93. The zero-order chi connectivity index (χ0) is 17.6. The van der Waals surface area contributed by atoms with Gasteiger partial charge in [0, 0.05) is 25.9 Å². The molecule has 7 nitrogen and oxygen atoms in total.